The summed E-state index contributed by atoms with van der Waals surface area (Å²) in [4.78, 5) is 27.2. The third-order valence-corrected chi connectivity index (χ3v) is 6.50. The molecule has 0 aromatic heterocycles. The van der Waals surface area contributed by atoms with E-state index in [2.05, 4.69) is 21.2 Å². The number of anilines is 1. The van der Waals surface area contributed by atoms with Crippen molar-refractivity contribution in [2.45, 2.75) is 26.4 Å². The van der Waals surface area contributed by atoms with Gasteiger partial charge in [0.05, 0.1) is 17.0 Å². The summed E-state index contributed by atoms with van der Waals surface area (Å²) in [5.74, 6) is -0.849. The molecule has 0 fully saturated rings. The molecule has 0 aliphatic carbocycles. The summed E-state index contributed by atoms with van der Waals surface area (Å²) in [7, 11) is -3.81. The fourth-order valence-corrected chi connectivity index (χ4v) is 4.58. The molecule has 2 aromatic rings. The Labute approximate surface area is 196 Å². The van der Waals surface area contributed by atoms with E-state index in [0.717, 1.165) is 20.6 Å². The number of nitrogens with one attached hydrogen (secondary N) is 1. The maximum absolute atomic E-state index is 13.3. The summed E-state index contributed by atoms with van der Waals surface area (Å²) >= 11 is 9.59. The molecule has 168 valence electrons. The van der Waals surface area contributed by atoms with Crippen LogP contribution in [0.4, 0.5) is 5.69 Å². The molecular formula is C21H25BrClN3O4S. The number of nitrogens with zero attached hydrogens (tertiary/aromatic N) is 2. The van der Waals surface area contributed by atoms with Gasteiger partial charge in [0.25, 0.3) is 0 Å². The summed E-state index contributed by atoms with van der Waals surface area (Å²) in [6.45, 7) is 3.46. The van der Waals surface area contributed by atoms with Crippen molar-refractivity contribution in [1.29, 1.82) is 0 Å². The minimum absolute atomic E-state index is 0.136. The minimum Gasteiger partial charge on any atom is -0.355 e. The van der Waals surface area contributed by atoms with Crippen LogP contribution >= 0.6 is 27.5 Å². The first-order chi connectivity index (χ1) is 14.5. The van der Waals surface area contributed by atoms with Crippen LogP contribution in [0.15, 0.2) is 53.0 Å². The van der Waals surface area contributed by atoms with E-state index in [1.807, 2.05) is 24.3 Å². The Morgan fingerprint density at radius 2 is 1.84 bits per heavy atom. The highest BCUT2D eigenvalue weighted by atomic mass is 79.9. The van der Waals surface area contributed by atoms with Crippen LogP contribution < -0.4 is 9.62 Å². The Kier molecular flexibility index (Phi) is 8.90. The van der Waals surface area contributed by atoms with Crippen molar-refractivity contribution < 1.29 is 18.0 Å². The molecule has 1 N–H and O–H groups in total. The number of amides is 2. The predicted molar refractivity (Wildman–Crippen MR) is 126 cm³/mol. The van der Waals surface area contributed by atoms with E-state index in [1.54, 1.807) is 32.0 Å². The van der Waals surface area contributed by atoms with Gasteiger partial charge in [-0.3, -0.25) is 13.9 Å². The zero-order valence-electron chi connectivity index (χ0n) is 17.5. The Hall–Kier alpha value is -2.10. The van der Waals surface area contributed by atoms with Gasteiger partial charge in [0.2, 0.25) is 21.8 Å². The van der Waals surface area contributed by atoms with E-state index in [-0.39, 0.29) is 23.2 Å². The average molecular weight is 531 g/mol. The van der Waals surface area contributed by atoms with Crippen LogP contribution in [0.25, 0.3) is 0 Å². The molecule has 0 heterocycles. The van der Waals surface area contributed by atoms with Gasteiger partial charge in [0.1, 0.15) is 12.6 Å². The molecule has 31 heavy (non-hydrogen) atoms. The van der Waals surface area contributed by atoms with Gasteiger partial charge in [-0.15, -0.1) is 0 Å². The molecule has 0 saturated heterocycles. The first-order valence-corrected chi connectivity index (χ1v) is 12.6. The topological polar surface area (TPSA) is 86.8 Å². The maximum atomic E-state index is 13.3. The highest BCUT2D eigenvalue weighted by Crippen LogP contribution is 2.27. The first-order valence-electron chi connectivity index (χ1n) is 9.58. The summed E-state index contributed by atoms with van der Waals surface area (Å²) < 4.78 is 26.7. The third kappa shape index (κ3) is 6.95. The lowest BCUT2D eigenvalue weighted by atomic mass is 10.1. The number of halogens is 2. The third-order valence-electron chi connectivity index (χ3n) is 4.56. The summed E-state index contributed by atoms with van der Waals surface area (Å²) in [5, 5.41) is 2.91. The Morgan fingerprint density at radius 1 is 1.16 bits per heavy atom. The van der Waals surface area contributed by atoms with Crippen molar-refractivity contribution in [1.82, 2.24) is 10.2 Å². The highest BCUT2D eigenvalue weighted by Gasteiger charge is 2.30. The van der Waals surface area contributed by atoms with Gasteiger partial charge in [0, 0.05) is 17.6 Å². The SMILES string of the molecule is CCNC(=O)C(C)N(Cc1cccc(Br)c1)C(=O)CN(c1ccccc1Cl)S(C)(=O)=O. The normalized spacial score (nSPS) is 12.2. The van der Waals surface area contributed by atoms with Gasteiger partial charge < -0.3 is 10.2 Å². The molecule has 0 bridgehead atoms. The van der Waals surface area contributed by atoms with Gasteiger partial charge in [-0.05, 0) is 43.7 Å². The Balaban J connectivity index is 2.40. The van der Waals surface area contributed by atoms with Gasteiger partial charge >= 0.3 is 0 Å². The number of likely N-dealkylation sites (N-methyl/N-ethyl adjacent to an activating group) is 1. The molecule has 1 unspecified atom stereocenters. The second-order valence-electron chi connectivity index (χ2n) is 6.94. The largest absolute Gasteiger partial charge is 0.355 e. The van der Waals surface area contributed by atoms with Gasteiger partial charge in [-0.1, -0.05) is 51.8 Å². The molecule has 0 aliphatic rings. The molecule has 0 spiro atoms. The molecule has 0 aliphatic heterocycles. The zero-order valence-corrected chi connectivity index (χ0v) is 20.7. The molecule has 0 saturated carbocycles. The standard InChI is InChI=1S/C21H25BrClN3O4S/c1-4-24-21(28)15(2)25(13-16-8-7-9-17(22)12-16)20(27)14-26(31(3,29)30)19-11-6-5-10-18(19)23/h5-12,15H,4,13-14H2,1-3H3,(H,24,28). The number of para-hydroxylation sites is 1. The van der Waals surface area contributed by atoms with Crippen molar-refractivity contribution in [3.63, 3.8) is 0 Å². The molecule has 2 amide bonds. The smallest absolute Gasteiger partial charge is 0.244 e. The number of carbonyl (C=O) groups is 2. The van der Waals surface area contributed by atoms with Crippen LogP contribution in [0.5, 0.6) is 0 Å². The van der Waals surface area contributed by atoms with Crippen LogP contribution in [-0.4, -0.2) is 50.5 Å². The maximum Gasteiger partial charge on any atom is 0.244 e. The lowest BCUT2D eigenvalue weighted by Crippen LogP contribution is -2.51. The van der Waals surface area contributed by atoms with Gasteiger partial charge in [-0.2, -0.15) is 0 Å². The number of hydrogen-bond acceptors (Lipinski definition) is 4. The van der Waals surface area contributed by atoms with Crippen molar-refractivity contribution >= 4 is 55.1 Å². The van der Waals surface area contributed by atoms with E-state index in [4.69, 9.17) is 11.6 Å². The summed E-state index contributed by atoms with van der Waals surface area (Å²) in [6, 6.07) is 12.9. The van der Waals surface area contributed by atoms with Crippen LogP contribution in [0.1, 0.15) is 19.4 Å². The quantitative estimate of drug-likeness (QED) is 0.538. The number of hydrogen-bond donors (Lipinski definition) is 1. The number of rotatable bonds is 9. The first kappa shape index (κ1) is 25.2. The summed E-state index contributed by atoms with van der Waals surface area (Å²) in [5.41, 5.74) is 0.996. The molecule has 2 aromatic carbocycles. The highest BCUT2D eigenvalue weighted by molar-refractivity contribution is 9.10. The Bertz CT molecular complexity index is 1050. The lowest BCUT2D eigenvalue weighted by molar-refractivity contribution is -0.139. The molecular weight excluding hydrogens is 506 g/mol. The lowest BCUT2D eigenvalue weighted by Gasteiger charge is -2.31. The van der Waals surface area contributed by atoms with Crippen molar-refractivity contribution in [2.24, 2.45) is 0 Å². The molecule has 7 nitrogen and oxygen atoms in total. The predicted octanol–water partition coefficient (Wildman–Crippen LogP) is 3.42. The van der Waals surface area contributed by atoms with E-state index < -0.39 is 28.5 Å². The monoisotopic (exact) mass is 529 g/mol. The zero-order chi connectivity index (χ0) is 23.2. The van der Waals surface area contributed by atoms with Crippen LogP contribution in [-0.2, 0) is 26.2 Å². The van der Waals surface area contributed by atoms with E-state index >= 15 is 0 Å². The van der Waals surface area contributed by atoms with Crippen molar-refractivity contribution in [3.8, 4) is 0 Å². The fourth-order valence-electron chi connectivity index (χ4n) is 2.99. The Morgan fingerprint density at radius 3 is 2.42 bits per heavy atom. The number of sulfonamides is 1. The summed E-state index contributed by atoms with van der Waals surface area (Å²) in [6.07, 6.45) is 1.01. The van der Waals surface area contributed by atoms with E-state index in [1.165, 1.54) is 11.0 Å². The molecule has 1 atom stereocenters. The van der Waals surface area contributed by atoms with Gasteiger partial charge in [-0.25, -0.2) is 8.42 Å². The number of benzene rings is 2. The molecule has 2 rings (SSSR count). The fraction of sp³-hybridized carbons (Fsp3) is 0.333. The number of carbonyl (C=O) groups excluding carboxylic acids is 2. The van der Waals surface area contributed by atoms with Crippen LogP contribution in [0.2, 0.25) is 5.02 Å². The molecule has 10 heteroatoms. The van der Waals surface area contributed by atoms with Crippen molar-refractivity contribution in [3.05, 3.63) is 63.6 Å². The molecule has 0 radical (unpaired) electrons. The average Bonchev–Trinajstić information content (AvgIpc) is 2.69. The van der Waals surface area contributed by atoms with Crippen molar-refractivity contribution in [2.75, 3.05) is 23.7 Å². The van der Waals surface area contributed by atoms with E-state index in [9.17, 15) is 18.0 Å². The minimum atomic E-state index is -3.81. The second kappa shape index (κ2) is 11.0. The van der Waals surface area contributed by atoms with Crippen LogP contribution in [0.3, 0.4) is 0 Å². The van der Waals surface area contributed by atoms with E-state index in [0.29, 0.717) is 6.54 Å². The second-order valence-corrected chi connectivity index (χ2v) is 10.2. The van der Waals surface area contributed by atoms with Crippen LogP contribution in [0, 0.1) is 0 Å². The van der Waals surface area contributed by atoms with Gasteiger partial charge in [0.15, 0.2) is 0 Å².